The quantitative estimate of drug-likeness (QED) is 0.0379. The van der Waals surface area contributed by atoms with Crippen molar-refractivity contribution in [3.05, 3.63) is 33.3 Å². The van der Waals surface area contributed by atoms with E-state index < -0.39 is 272 Å². The number of benzene rings is 1. The van der Waals surface area contributed by atoms with Crippen LogP contribution in [-0.2, 0) is 61.6 Å². The molecule has 7 aliphatic heterocycles. The minimum Gasteiger partial charge on any atom is -0.460 e. The van der Waals surface area contributed by atoms with Crippen LogP contribution in [0.4, 0.5) is 5.69 Å². The van der Waals surface area contributed by atoms with E-state index in [4.69, 9.17) is 77.9 Å². The minimum absolute atomic E-state index is 0.233. The normalized spacial score (nSPS) is 48.6. The second kappa shape index (κ2) is 30.6. The van der Waals surface area contributed by atoms with Crippen LogP contribution < -0.4 is 4.74 Å². The van der Waals surface area contributed by atoms with Crippen molar-refractivity contribution < 1.29 is 184 Å². The van der Waals surface area contributed by atoms with Crippen molar-refractivity contribution in [2.24, 2.45) is 0 Å². The standard InChI is InChI=1S/C48H74ClNO38/c49-12-3-11(50(73)74)1-2-13(12)75-42-30(67)23(60)36(15(5-52)77-42)84-44-32(69)25(62)38(17(7-54)79-44)86-46-34(71)27(64)40(19(9-56)81-46)88-48-35(72)28(65)41(20(10-57)82-48)87-47-33(70)26(63)39(18(8-55)80-47)85-45-31(68)24(61)37(16(6-53)78-45)83-43-29(66)22(59)21(58)14(4-51)76-43/h1-3,14-48,51-72H,4-10H2. The Bertz CT molecular complexity index is 2350. The summed E-state index contributed by atoms with van der Waals surface area (Å²) in [5.41, 5.74) is -0.404. The van der Waals surface area contributed by atoms with E-state index in [9.17, 15) is 122 Å². The predicted octanol–water partition coefficient (Wildman–Crippen LogP) is -13.6. The summed E-state index contributed by atoms with van der Waals surface area (Å²) < 4.78 is 78.5. The zero-order valence-corrected chi connectivity index (χ0v) is 46.3. The zero-order valence-electron chi connectivity index (χ0n) is 45.6. The monoisotopic (exact) mass is 1310 g/mol. The van der Waals surface area contributed by atoms with E-state index in [-0.39, 0.29) is 10.8 Å². The topological polar surface area (TPSA) is 617 Å². The van der Waals surface area contributed by atoms with Gasteiger partial charge in [0, 0.05) is 12.1 Å². The lowest BCUT2D eigenvalue weighted by Gasteiger charge is -2.50. The molecule has 0 saturated carbocycles. The van der Waals surface area contributed by atoms with Crippen LogP contribution in [0.1, 0.15) is 0 Å². The van der Waals surface area contributed by atoms with E-state index in [0.717, 1.165) is 18.2 Å². The number of aliphatic hydroxyl groups is 22. The highest BCUT2D eigenvalue weighted by atomic mass is 35.5. The summed E-state index contributed by atoms with van der Waals surface area (Å²) in [7, 11) is 0. The second-order valence-corrected chi connectivity index (χ2v) is 21.9. The lowest BCUT2D eigenvalue weighted by Crippen LogP contribution is -2.68. The SMILES string of the molecule is O=[N+]([O-])c1ccc(OC2OC(CO)C(OC3OC(CO)C(OC4OC(CO)C(OC5OC(CO)C(OC6OC(CO)C(OC7OC(CO)C(OC8OC(CO)C(O)C(O)C8O)C(O)C7O)C(O)C6O)C(O)C5O)C(O)C4O)C(O)C3O)C(O)C2O)c(Cl)c1. The fourth-order valence-electron chi connectivity index (χ4n) is 10.9. The fraction of sp³-hybridized carbons (Fsp3) is 0.875. The van der Waals surface area contributed by atoms with Crippen LogP contribution >= 0.6 is 11.6 Å². The lowest BCUT2D eigenvalue weighted by atomic mass is 9.95. The van der Waals surface area contributed by atoms with Gasteiger partial charge < -0.3 is 179 Å². The molecule has 35 atom stereocenters. The van der Waals surface area contributed by atoms with Gasteiger partial charge >= 0.3 is 0 Å². The Balaban J connectivity index is 0.851. The summed E-state index contributed by atoms with van der Waals surface area (Å²) in [5.74, 6) is -0.233. The van der Waals surface area contributed by atoms with Crippen molar-refractivity contribution in [1.29, 1.82) is 0 Å². The van der Waals surface area contributed by atoms with Gasteiger partial charge in [-0.25, -0.2) is 0 Å². The van der Waals surface area contributed by atoms with Crippen LogP contribution in [-0.4, -0.2) is 378 Å². The van der Waals surface area contributed by atoms with Gasteiger partial charge in [0.15, 0.2) is 37.7 Å². The summed E-state index contributed by atoms with van der Waals surface area (Å²) in [6.07, 6.45) is -68.4. The molecule has 0 radical (unpaired) electrons. The molecule has 0 bridgehead atoms. The molecule has 7 aliphatic rings. The van der Waals surface area contributed by atoms with Crippen molar-refractivity contribution in [1.82, 2.24) is 0 Å². The first kappa shape index (κ1) is 71.2. The maximum absolute atomic E-state index is 11.4. The molecular weight excluding hydrogens is 1230 g/mol. The molecule has 1 aromatic carbocycles. The molecule has 506 valence electrons. The Labute approximate surface area is 500 Å². The van der Waals surface area contributed by atoms with E-state index >= 15 is 0 Å². The van der Waals surface area contributed by atoms with Crippen molar-refractivity contribution in [3.8, 4) is 5.75 Å². The van der Waals surface area contributed by atoms with E-state index in [2.05, 4.69) is 0 Å². The molecule has 0 spiro atoms. The van der Waals surface area contributed by atoms with E-state index in [1.54, 1.807) is 0 Å². The number of non-ortho nitro benzene ring substituents is 1. The molecule has 88 heavy (non-hydrogen) atoms. The van der Waals surface area contributed by atoms with Gasteiger partial charge in [0.1, 0.15) is 177 Å². The van der Waals surface area contributed by atoms with Crippen LogP contribution in [0.2, 0.25) is 5.02 Å². The summed E-state index contributed by atoms with van der Waals surface area (Å²) >= 11 is 6.08. The van der Waals surface area contributed by atoms with Crippen molar-refractivity contribution in [2.75, 3.05) is 46.2 Å². The van der Waals surface area contributed by atoms with E-state index in [1.807, 2.05) is 0 Å². The van der Waals surface area contributed by atoms with Crippen LogP contribution in [0.15, 0.2) is 18.2 Å². The van der Waals surface area contributed by atoms with Crippen LogP contribution in [0.3, 0.4) is 0 Å². The van der Waals surface area contributed by atoms with Gasteiger partial charge in [-0.05, 0) is 6.07 Å². The molecule has 22 N–H and O–H groups in total. The molecule has 7 heterocycles. The van der Waals surface area contributed by atoms with Crippen molar-refractivity contribution >= 4 is 17.3 Å². The highest BCUT2D eigenvalue weighted by molar-refractivity contribution is 6.32. The number of nitro benzene ring substituents is 1. The molecule has 35 unspecified atom stereocenters. The number of halogens is 1. The molecule has 7 fully saturated rings. The first-order chi connectivity index (χ1) is 41.8. The zero-order chi connectivity index (χ0) is 64.5. The fourth-order valence-corrected chi connectivity index (χ4v) is 11.1. The first-order valence-corrected chi connectivity index (χ1v) is 27.7. The highest BCUT2D eigenvalue weighted by Crippen LogP contribution is 2.39. The van der Waals surface area contributed by atoms with Gasteiger partial charge in [0.25, 0.3) is 5.69 Å². The number of hydrogen-bond donors (Lipinski definition) is 22. The maximum Gasteiger partial charge on any atom is 0.271 e. The van der Waals surface area contributed by atoms with Crippen LogP contribution in [0, 0.1) is 10.1 Å². The minimum atomic E-state index is -2.25. The van der Waals surface area contributed by atoms with Crippen molar-refractivity contribution in [3.63, 3.8) is 0 Å². The molecule has 1 aromatic rings. The van der Waals surface area contributed by atoms with Crippen molar-refractivity contribution in [2.45, 2.75) is 215 Å². The summed E-state index contributed by atoms with van der Waals surface area (Å²) in [6.45, 7) is -7.06. The number of ether oxygens (including phenoxy) is 14. The molecule has 39 nitrogen and oxygen atoms in total. The number of aliphatic hydroxyl groups excluding tert-OH is 22. The van der Waals surface area contributed by atoms with Gasteiger partial charge in [0.2, 0.25) is 6.29 Å². The third-order valence-electron chi connectivity index (χ3n) is 15.9. The molecular formula is C48H74ClNO38. The van der Waals surface area contributed by atoms with Gasteiger partial charge in [-0.1, -0.05) is 11.6 Å². The lowest BCUT2D eigenvalue weighted by molar-refractivity contribution is -0.397. The summed E-state index contributed by atoms with van der Waals surface area (Å²) in [6, 6.07) is 3.04. The molecule has 0 aliphatic carbocycles. The smallest absolute Gasteiger partial charge is 0.271 e. The molecule has 0 amide bonds. The Hall–Kier alpha value is -2.69. The predicted molar refractivity (Wildman–Crippen MR) is 268 cm³/mol. The largest absolute Gasteiger partial charge is 0.460 e. The van der Waals surface area contributed by atoms with Gasteiger partial charge in [-0.15, -0.1) is 0 Å². The number of rotatable bonds is 22. The van der Waals surface area contributed by atoms with E-state index in [1.165, 1.54) is 0 Å². The average Bonchev–Trinajstić information content (AvgIpc) is 1.24. The van der Waals surface area contributed by atoms with Crippen LogP contribution in [0.5, 0.6) is 5.75 Å². The molecule has 7 saturated heterocycles. The molecule has 40 heteroatoms. The second-order valence-electron chi connectivity index (χ2n) is 21.5. The first-order valence-electron chi connectivity index (χ1n) is 27.4. The summed E-state index contributed by atoms with van der Waals surface area (Å²) in [5, 5.41) is 247. The Morgan fingerprint density at radius 1 is 0.341 bits per heavy atom. The third kappa shape index (κ3) is 14.6. The Morgan fingerprint density at radius 3 is 0.807 bits per heavy atom. The number of nitrogens with zero attached hydrogens (tertiary/aromatic N) is 1. The average molecular weight is 1310 g/mol. The number of hydrogen-bond acceptors (Lipinski definition) is 38. The summed E-state index contributed by atoms with van der Waals surface area (Å²) in [4.78, 5) is 10.4. The van der Waals surface area contributed by atoms with Crippen LogP contribution in [0.25, 0.3) is 0 Å². The van der Waals surface area contributed by atoms with E-state index in [0.29, 0.717) is 0 Å². The Morgan fingerprint density at radius 2 is 0.568 bits per heavy atom. The molecule has 8 rings (SSSR count). The maximum atomic E-state index is 11.4. The molecule has 0 aromatic heterocycles. The Kier molecular flexibility index (Phi) is 24.7. The highest BCUT2D eigenvalue weighted by Gasteiger charge is 2.59. The van der Waals surface area contributed by atoms with Gasteiger partial charge in [-0.2, -0.15) is 0 Å². The third-order valence-corrected chi connectivity index (χ3v) is 16.2. The number of nitro groups is 1. The van der Waals surface area contributed by atoms with Gasteiger partial charge in [0.05, 0.1) is 56.2 Å². The van der Waals surface area contributed by atoms with Gasteiger partial charge in [-0.3, -0.25) is 10.1 Å².